The number of carbonyl (C=O) groups is 1. The Morgan fingerprint density at radius 3 is 2.22 bits per heavy atom. The lowest BCUT2D eigenvalue weighted by atomic mass is 10.1. The Morgan fingerprint density at radius 1 is 1.17 bits per heavy atom. The summed E-state index contributed by atoms with van der Waals surface area (Å²) in [4.78, 5) is 11.9. The third-order valence-corrected chi connectivity index (χ3v) is 4.67. The number of hydrogen-bond acceptors (Lipinski definition) is 3. The van der Waals surface area contributed by atoms with Crippen molar-refractivity contribution in [2.24, 2.45) is 5.92 Å². The van der Waals surface area contributed by atoms with E-state index in [1.54, 1.807) is 0 Å². The first kappa shape index (κ1) is 19.5. The van der Waals surface area contributed by atoms with Crippen LogP contribution >= 0.6 is 0 Å². The van der Waals surface area contributed by atoms with Gasteiger partial charge >= 0.3 is 0 Å². The van der Waals surface area contributed by atoms with Gasteiger partial charge in [-0.1, -0.05) is 19.9 Å². The third kappa shape index (κ3) is 7.03. The topological polar surface area (TPSA) is 66.5 Å². The van der Waals surface area contributed by atoms with Crippen molar-refractivity contribution in [2.45, 2.75) is 40.5 Å². The lowest BCUT2D eigenvalue weighted by Gasteiger charge is -2.23. The molecule has 0 aliphatic heterocycles. The van der Waals surface area contributed by atoms with E-state index in [9.17, 15) is 13.2 Å². The first-order valence-electron chi connectivity index (χ1n) is 7.92. The SMILES string of the molecule is Cc1cc(C)cc(N(CCC(=O)NCCC(C)C)S(C)(=O)=O)c1. The van der Waals surface area contributed by atoms with E-state index in [0.29, 0.717) is 18.2 Å². The van der Waals surface area contributed by atoms with Crippen molar-refractivity contribution < 1.29 is 13.2 Å². The number of nitrogens with one attached hydrogen (secondary N) is 1. The first-order valence-corrected chi connectivity index (χ1v) is 9.77. The summed E-state index contributed by atoms with van der Waals surface area (Å²) in [6.45, 7) is 8.81. The molecule has 0 bridgehead atoms. The molecule has 1 N–H and O–H groups in total. The zero-order chi connectivity index (χ0) is 17.6. The first-order chi connectivity index (χ1) is 10.6. The van der Waals surface area contributed by atoms with E-state index >= 15 is 0 Å². The summed E-state index contributed by atoms with van der Waals surface area (Å²) >= 11 is 0. The largest absolute Gasteiger partial charge is 0.356 e. The van der Waals surface area contributed by atoms with Crippen molar-refractivity contribution in [3.05, 3.63) is 29.3 Å². The van der Waals surface area contributed by atoms with Gasteiger partial charge in [0.1, 0.15) is 0 Å². The number of benzene rings is 1. The highest BCUT2D eigenvalue weighted by Gasteiger charge is 2.19. The van der Waals surface area contributed by atoms with Crippen LogP contribution in [0.2, 0.25) is 0 Å². The van der Waals surface area contributed by atoms with E-state index < -0.39 is 10.0 Å². The molecule has 0 unspecified atom stereocenters. The fourth-order valence-corrected chi connectivity index (χ4v) is 3.28. The molecule has 5 nitrogen and oxygen atoms in total. The van der Waals surface area contributed by atoms with Crippen molar-refractivity contribution in [1.82, 2.24) is 5.32 Å². The van der Waals surface area contributed by atoms with Crippen LogP contribution in [0.5, 0.6) is 0 Å². The second-order valence-electron chi connectivity index (χ2n) is 6.46. The highest BCUT2D eigenvalue weighted by molar-refractivity contribution is 7.92. The Morgan fingerprint density at radius 2 is 1.74 bits per heavy atom. The van der Waals surface area contributed by atoms with Crippen LogP contribution in [-0.4, -0.2) is 33.7 Å². The van der Waals surface area contributed by atoms with Gasteiger partial charge in [-0.2, -0.15) is 0 Å². The molecular weight excluding hydrogens is 312 g/mol. The second-order valence-corrected chi connectivity index (χ2v) is 8.37. The molecule has 0 aliphatic rings. The van der Waals surface area contributed by atoms with Crippen LogP contribution in [0.1, 0.15) is 37.8 Å². The van der Waals surface area contributed by atoms with E-state index in [4.69, 9.17) is 0 Å². The summed E-state index contributed by atoms with van der Waals surface area (Å²) < 4.78 is 25.4. The Kier molecular flexibility index (Phi) is 7.06. The predicted octanol–water partition coefficient (Wildman–Crippen LogP) is 2.62. The number of sulfonamides is 1. The molecule has 6 heteroatoms. The maximum atomic E-state index is 12.1. The van der Waals surface area contributed by atoms with Gasteiger partial charge in [-0.05, 0) is 49.4 Å². The van der Waals surface area contributed by atoms with Gasteiger partial charge in [-0.3, -0.25) is 9.10 Å². The Labute approximate surface area is 140 Å². The van der Waals surface area contributed by atoms with Gasteiger partial charge in [0.15, 0.2) is 0 Å². The summed E-state index contributed by atoms with van der Waals surface area (Å²) in [6.07, 6.45) is 2.23. The van der Waals surface area contributed by atoms with Crippen LogP contribution in [0.3, 0.4) is 0 Å². The number of carbonyl (C=O) groups excluding carboxylic acids is 1. The Bertz CT molecular complexity index is 619. The molecule has 0 atom stereocenters. The Hall–Kier alpha value is -1.56. The van der Waals surface area contributed by atoms with Gasteiger partial charge in [0.25, 0.3) is 0 Å². The Balaban J connectivity index is 2.76. The molecule has 1 rings (SSSR count). The van der Waals surface area contributed by atoms with Crippen molar-refractivity contribution in [3.63, 3.8) is 0 Å². The number of hydrogen-bond donors (Lipinski definition) is 1. The van der Waals surface area contributed by atoms with E-state index in [1.807, 2.05) is 32.0 Å². The molecule has 1 amide bonds. The number of amides is 1. The number of rotatable bonds is 8. The summed E-state index contributed by atoms with van der Waals surface area (Å²) in [7, 11) is -3.43. The van der Waals surface area contributed by atoms with Crippen molar-refractivity contribution >= 4 is 21.6 Å². The van der Waals surface area contributed by atoms with Crippen LogP contribution in [0, 0.1) is 19.8 Å². The zero-order valence-electron chi connectivity index (χ0n) is 14.7. The monoisotopic (exact) mass is 340 g/mol. The quantitative estimate of drug-likeness (QED) is 0.791. The van der Waals surface area contributed by atoms with Crippen molar-refractivity contribution in [3.8, 4) is 0 Å². The van der Waals surface area contributed by atoms with Gasteiger partial charge in [-0.15, -0.1) is 0 Å². The van der Waals surface area contributed by atoms with Crippen molar-refractivity contribution in [2.75, 3.05) is 23.7 Å². The molecule has 23 heavy (non-hydrogen) atoms. The summed E-state index contributed by atoms with van der Waals surface area (Å²) in [5.41, 5.74) is 2.60. The number of nitrogens with zero attached hydrogens (tertiary/aromatic N) is 1. The zero-order valence-corrected chi connectivity index (χ0v) is 15.5. The normalized spacial score (nSPS) is 11.6. The van der Waals surface area contributed by atoms with Crippen LogP contribution in [-0.2, 0) is 14.8 Å². The third-order valence-electron chi connectivity index (χ3n) is 3.48. The van der Waals surface area contributed by atoms with Gasteiger partial charge < -0.3 is 5.32 Å². The minimum atomic E-state index is -3.43. The van der Waals surface area contributed by atoms with E-state index in [2.05, 4.69) is 19.2 Å². The molecule has 0 aromatic heterocycles. The molecule has 0 heterocycles. The molecule has 1 aromatic carbocycles. The maximum absolute atomic E-state index is 12.1. The standard InChI is InChI=1S/C17H28N2O3S/c1-13(2)6-8-18-17(20)7-9-19(23(5,21)22)16-11-14(3)10-15(4)12-16/h10-13H,6-9H2,1-5H3,(H,18,20). The molecule has 0 saturated carbocycles. The second kappa shape index (κ2) is 8.34. The molecular formula is C17H28N2O3S. The van der Waals surface area contributed by atoms with E-state index in [1.165, 1.54) is 10.6 Å². The minimum absolute atomic E-state index is 0.122. The minimum Gasteiger partial charge on any atom is -0.356 e. The molecule has 0 spiro atoms. The summed E-state index contributed by atoms with van der Waals surface area (Å²) in [5, 5.41) is 2.83. The molecule has 0 aliphatic carbocycles. The number of anilines is 1. The van der Waals surface area contributed by atoms with Gasteiger partial charge in [-0.25, -0.2) is 8.42 Å². The lowest BCUT2D eigenvalue weighted by molar-refractivity contribution is -0.120. The molecule has 0 radical (unpaired) electrons. The summed E-state index contributed by atoms with van der Waals surface area (Å²) in [6, 6.07) is 5.64. The average Bonchev–Trinajstić information content (AvgIpc) is 2.35. The number of aryl methyl sites for hydroxylation is 2. The van der Waals surface area contributed by atoms with E-state index in [0.717, 1.165) is 17.5 Å². The van der Waals surface area contributed by atoms with Crippen LogP contribution in [0.4, 0.5) is 5.69 Å². The molecule has 0 saturated heterocycles. The van der Waals surface area contributed by atoms with Gasteiger partial charge in [0.05, 0.1) is 11.9 Å². The molecule has 0 fully saturated rings. The van der Waals surface area contributed by atoms with Crippen LogP contribution in [0.25, 0.3) is 0 Å². The van der Waals surface area contributed by atoms with Gasteiger partial charge in [0.2, 0.25) is 15.9 Å². The lowest BCUT2D eigenvalue weighted by Crippen LogP contribution is -2.35. The van der Waals surface area contributed by atoms with Crippen LogP contribution in [0.15, 0.2) is 18.2 Å². The molecule has 130 valence electrons. The summed E-state index contributed by atoms with van der Waals surface area (Å²) in [5.74, 6) is 0.404. The highest BCUT2D eigenvalue weighted by Crippen LogP contribution is 2.21. The fraction of sp³-hybridized carbons (Fsp3) is 0.588. The smallest absolute Gasteiger partial charge is 0.232 e. The van der Waals surface area contributed by atoms with E-state index in [-0.39, 0.29) is 18.9 Å². The van der Waals surface area contributed by atoms with Gasteiger partial charge in [0, 0.05) is 19.5 Å². The predicted molar refractivity (Wildman–Crippen MR) is 95.2 cm³/mol. The van der Waals surface area contributed by atoms with Crippen LogP contribution < -0.4 is 9.62 Å². The average molecular weight is 340 g/mol. The maximum Gasteiger partial charge on any atom is 0.232 e. The highest BCUT2D eigenvalue weighted by atomic mass is 32.2. The van der Waals surface area contributed by atoms with Crippen molar-refractivity contribution in [1.29, 1.82) is 0 Å². The fourth-order valence-electron chi connectivity index (χ4n) is 2.37. The molecule has 1 aromatic rings.